The van der Waals surface area contributed by atoms with E-state index < -0.39 is 33.7 Å². The number of benzene rings is 2. The van der Waals surface area contributed by atoms with E-state index in [1.807, 2.05) is 30.3 Å². The Labute approximate surface area is 181 Å². The molecule has 1 heterocycles. The Hall–Kier alpha value is -2.91. The minimum Gasteiger partial charge on any atom is -0.480 e. The van der Waals surface area contributed by atoms with Crippen LogP contribution in [0.4, 0.5) is 4.79 Å². The fraction of sp³-hybridized carbons (Fsp3) is 0.364. The summed E-state index contributed by atoms with van der Waals surface area (Å²) in [5.74, 6) is -1.14. The Balaban J connectivity index is 1.84. The molecule has 31 heavy (non-hydrogen) atoms. The summed E-state index contributed by atoms with van der Waals surface area (Å²) in [4.78, 5) is 25.5. The summed E-state index contributed by atoms with van der Waals surface area (Å²) in [6.45, 7) is 5.18. The normalized spacial score (nSPS) is 16.5. The summed E-state index contributed by atoms with van der Waals surface area (Å²) in [5, 5.41) is 9.59. The summed E-state index contributed by atoms with van der Waals surface area (Å²) in [6, 6.07) is 12.6. The highest BCUT2D eigenvalue weighted by Crippen LogP contribution is 2.28. The van der Waals surface area contributed by atoms with Crippen LogP contribution in [0.3, 0.4) is 0 Å². The molecule has 1 amide bonds. The number of sulfonamides is 1. The minimum atomic E-state index is -3.79. The molecule has 0 saturated heterocycles. The van der Waals surface area contributed by atoms with Gasteiger partial charge in [0.25, 0.3) is 0 Å². The van der Waals surface area contributed by atoms with Crippen molar-refractivity contribution < 1.29 is 27.9 Å². The van der Waals surface area contributed by atoms with Crippen LogP contribution in [0.5, 0.6) is 0 Å². The lowest BCUT2D eigenvalue weighted by atomic mass is 9.94. The second kappa shape index (κ2) is 8.68. The van der Waals surface area contributed by atoms with E-state index in [4.69, 9.17) is 4.74 Å². The number of aliphatic carboxylic acids is 1. The van der Waals surface area contributed by atoms with Crippen LogP contribution in [0.1, 0.15) is 37.5 Å². The molecule has 8 nitrogen and oxygen atoms in total. The first-order valence-electron chi connectivity index (χ1n) is 9.84. The van der Waals surface area contributed by atoms with E-state index in [0.717, 1.165) is 10.5 Å². The average molecular weight is 447 g/mol. The van der Waals surface area contributed by atoms with Crippen LogP contribution in [0.25, 0.3) is 0 Å². The van der Waals surface area contributed by atoms with Crippen molar-refractivity contribution in [3.8, 4) is 0 Å². The molecule has 2 N–H and O–H groups in total. The summed E-state index contributed by atoms with van der Waals surface area (Å²) < 4.78 is 33.4. The summed E-state index contributed by atoms with van der Waals surface area (Å²) >= 11 is 0. The van der Waals surface area contributed by atoms with Crippen LogP contribution in [0.15, 0.2) is 53.4 Å². The SMILES string of the molecule is CC(C)(C)OC(=O)N1Cc2cc(S(=O)(=O)NCc3ccccc3)ccc2C[C@H]1C(=O)O. The van der Waals surface area contributed by atoms with Gasteiger partial charge in [0, 0.05) is 13.0 Å². The number of fused-ring (bicyclic) bond motifs is 1. The number of ether oxygens (including phenoxy) is 1. The molecule has 0 radical (unpaired) electrons. The van der Waals surface area contributed by atoms with Crippen molar-refractivity contribution >= 4 is 22.1 Å². The van der Waals surface area contributed by atoms with Gasteiger partial charge in [-0.2, -0.15) is 0 Å². The number of hydrogen-bond donors (Lipinski definition) is 2. The Kier molecular flexibility index (Phi) is 6.38. The molecule has 0 aliphatic carbocycles. The molecule has 9 heteroatoms. The van der Waals surface area contributed by atoms with E-state index in [9.17, 15) is 23.1 Å². The number of carbonyl (C=O) groups is 2. The highest BCUT2D eigenvalue weighted by Gasteiger charge is 2.37. The Morgan fingerprint density at radius 1 is 1.13 bits per heavy atom. The van der Waals surface area contributed by atoms with Crippen LogP contribution in [0.2, 0.25) is 0 Å². The first-order chi connectivity index (χ1) is 14.5. The predicted molar refractivity (Wildman–Crippen MR) is 114 cm³/mol. The fourth-order valence-corrected chi connectivity index (χ4v) is 4.39. The summed E-state index contributed by atoms with van der Waals surface area (Å²) in [7, 11) is -3.79. The highest BCUT2D eigenvalue weighted by atomic mass is 32.2. The third kappa shape index (κ3) is 5.62. The van der Waals surface area contributed by atoms with Crippen molar-refractivity contribution in [1.29, 1.82) is 0 Å². The van der Waals surface area contributed by atoms with E-state index in [1.165, 1.54) is 12.1 Å². The van der Waals surface area contributed by atoms with Gasteiger partial charge in [0.2, 0.25) is 10.0 Å². The second-order valence-electron chi connectivity index (χ2n) is 8.41. The fourth-order valence-electron chi connectivity index (χ4n) is 3.32. The van der Waals surface area contributed by atoms with Crippen LogP contribution in [-0.4, -0.2) is 42.1 Å². The number of nitrogens with one attached hydrogen (secondary N) is 1. The molecular formula is C22H26N2O6S. The first-order valence-corrected chi connectivity index (χ1v) is 11.3. The maximum Gasteiger partial charge on any atom is 0.411 e. The number of carbonyl (C=O) groups excluding carboxylic acids is 1. The standard InChI is InChI=1S/C22H26N2O6S/c1-22(2,3)30-21(27)24-14-17-11-18(10-9-16(17)12-19(24)20(25)26)31(28,29)23-13-15-7-5-4-6-8-15/h4-11,19,23H,12-14H2,1-3H3,(H,25,26)/t19-/m0/s1. The molecule has 0 fully saturated rings. The van der Waals surface area contributed by atoms with Gasteiger partial charge < -0.3 is 9.84 Å². The lowest BCUT2D eigenvalue weighted by molar-refractivity contribution is -0.143. The van der Waals surface area contributed by atoms with Gasteiger partial charge in [-0.3, -0.25) is 4.90 Å². The molecule has 1 atom stereocenters. The van der Waals surface area contributed by atoms with Crippen LogP contribution >= 0.6 is 0 Å². The molecule has 0 aromatic heterocycles. The van der Waals surface area contributed by atoms with Crippen molar-refractivity contribution in [3.05, 3.63) is 65.2 Å². The molecule has 1 aliphatic rings. The molecular weight excluding hydrogens is 420 g/mol. The van der Waals surface area contributed by atoms with E-state index in [1.54, 1.807) is 26.8 Å². The van der Waals surface area contributed by atoms with Crippen molar-refractivity contribution in [2.45, 2.75) is 56.8 Å². The van der Waals surface area contributed by atoms with Gasteiger partial charge >= 0.3 is 12.1 Å². The Morgan fingerprint density at radius 2 is 1.81 bits per heavy atom. The third-order valence-electron chi connectivity index (χ3n) is 4.84. The number of carboxylic acids is 1. The molecule has 0 unspecified atom stereocenters. The molecule has 166 valence electrons. The maximum absolute atomic E-state index is 12.8. The third-order valence-corrected chi connectivity index (χ3v) is 6.24. The van der Waals surface area contributed by atoms with E-state index in [2.05, 4.69) is 4.72 Å². The van der Waals surface area contributed by atoms with Gasteiger partial charge in [-0.25, -0.2) is 22.7 Å². The number of rotatable bonds is 5. The Bertz CT molecular complexity index is 1080. The number of carboxylic acid groups (broad SMARTS) is 1. The highest BCUT2D eigenvalue weighted by molar-refractivity contribution is 7.89. The molecule has 0 saturated carbocycles. The van der Waals surface area contributed by atoms with Gasteiger partial charge in [0.15, 0.2) is 0 Å². The number of amides is 1. The lowest BCUT2D eigenvalue weighted by Crippen LogP contribution is -2.50. The zero-order chi connectivity index (χ0) is 22.8. The largest absolute Gasteiger partial charge is 0.480 e. The van der Waals surface area contributed by atoms with Crippen LogP contribution in [0, 0.1) is 0 Å². The first kappa shape index (κ1) is 22.8. The number of hydrogen-bond acceptors (Lipinski definition) is 5. The van der Waals surface area contributed by atoms with Gasteiger partial charge in [-0.15, -0.1) is 0 Å². The van der Waals surface area contributed by atoms with E-state index in [0.29, 0.717) is 11.1 Å². The summed E-state index contributed by atoms with van der Waals surface area (Å²) in [5.41, 5.74) is 1.30. The van der Waals surface area contributed by atoms with Gasteiger partial charge in [-0.05, 0) is 49.6 Å². The van der Waals surface area contributed by atoms with Crippen molar-refractivity contribution in [2.75, 3.05) is 0 Å². The predicted octanol–water partition coefficient (Wildman–Crippen LogP) is 2.91. The maximum atomic E-state index is 12.8. The quantitative estimate of drug-likeness (QED) is 0.730. The monoisotopic (exact) mass is 446 g/mol. The average Bonchev–Trinajstić information content (AvgIpc) is 2.70. The van der Waals surface area contributed by atoms with E-state index in [-0.39, 0.29) is 24.4 Å². The molecule has 2 aromatic carbocycles. The topological polar surface area (TPSA) is 113 Å². The van der Waals surface area contributed by atoms with Gasteiger partial charge in [-0.1, -0.05) is 36.4 Å². The van der Waals surface area contributed by atoms with E-state index >= 15 is 0 Å². The van der Waals surface area contributed by atoms with Crippen molar-refractivity contribution in [2.24, 2.45) is 0 Å². The van der Waals surface area contributed by atoms with Crippen LogP contribution in [-0.2, 0) is 39.1 Å². The van der Waals surface area contributed by atoms with Crippen LogP contribution < -0.4 is 4.72 Å². The van der Waals surface area contributed by atoms with Gasteiger partial charge in [0.1, 0.15) is 11.6 Å². The molecule has 1 aliphatic heterocycles. The summed E-state index contributed by atoms with van der Waals surface area (Å²) in [6.07, 6.45) is -0.678. The number of nitrogens with zero attached hydrogens (tertiary/aromatic N) is 1. The van der Waals surface area contributed by atoms with Crippen molar-refractivity contribution in [1.82, 2.24) is 9.62 Å². The zero-order valence-corrected chi connectivity index (χ0v) is 18.5. The second-order valence-corrected chi connectivity index (χ2v) is 10.2. The molecule has 3 rings (SSSR count). The molecule has 0 bridgehead atoms. The molecule has 2 aromatic rings. The minimum absolute atomic E-state index is 0.0523. The smallest absolute Gasteiger partial charge is 0.411 e. The molecule has 0 spiro atoms. The van der Waals surface area contributed by atoms with Gasteiger partial charge in [0.05, 0.1) is 11.4 Å². The Morgan fingerprint density at radius 3 is 2.42 bits per heavy atom. The van der Waals surface area contributed by atoms with Crippen molar-refractivity contribution in [3.63, 3.8) is 0 Å². The zero-order valence-electron chi connectivity index (χ0n) is 17.7. The lowest BCUT2D eigenvalue weighted by Gasteiger charge is -2.35.